The Morgan fingerprint density at radius 2 is 1.88 bits per heavy atom. The maximum Gasteiger partial charge on any atom is 0.248 e. The molecule has 16 heavy (non-hydrogen) atoms. The van der Waals surface area contributed by atoms with Crippen molar-refractivity contribution >= 4 is 17.5 Å². The fourth-order valence-corrected chi connectivity index (χ4v) is 1.18. The quantitative estimate of drug-likeness (QED) is 0.670. The topological polar surface area (TPSA) is 84.2 Å². The summed E-state index contributed by atoms with van der Waals surface area (Å²) in [6.45, 7) is 0.630. The Morgan fingerprint density at radius 1 is 1.25 bits per heavy atom. The highest BCUT2D eigenvalue weighted by Gasteiger charge is 2.03. The number of carbonyl (C=O) groups excluding carboxylic acids is 2. The van der Waals surface area contributed by atoms with Crippen molar-refractivity contribution in [2.45, 2.75) is 6.42 Å². The minimum absolute atomic E-state index is 0.0684. The van der Waals surface area contributed by atoms with Crippen molar-refractivity contribution in [1.29, 1.82) is 0 Å². The highest BCUT2D eigenvalue weighted by atomic mass is 16.2. The molecule has 1 aromatic rings. The van der Waals surface area contributed by atoms with Crippen LogP contribution in [0.15, 0.2) is 24.3 Å². The molecule has 86 valence electrons. The van der Waals surface area contributed by atoms with Gasteiger partial charge in [0.2, 0.25) is 11.8 Å². The zero-order valence-electron chi connectivity index (χ0n) is 9.12. The molecule has 5 nitrogen and oxygen atoms in total. The van der Waals surface area contributed by atoms with Gasteiger partial charge in [0, 0.05) is 24.2 Å². The molecule has 0 atom stereocenters. The van der Waals surface area contributed by atoms with Crippen LogP contribution in [-0.2, 0) is 4.79 Å². The van der Waals surface area contributed by atoms with Crippen molar-refractivity contribution < 1.29 is 9.59 Å². The normalized spacial score (nSPS) is 9.81. The van der Waals surface area contributed by atoms with Gasteiger partial charge in [-0.25, -0.2) is 0 Å². The number of anilines is 1. The Morgan fingerprint density at radius 3 is 2.38 bits per heavy atom. The number of nitrogens with two attached hydrogens (primary N) is 1. The van der Waals surface area contributed by atoms with Crippen LogP contribution in [-0.4, -0.2) is 25.4 Å². The molecule has 0 unspecified atom stereocenters. The van der Waals surface area contributed by atoms with Crippen LogP contribution in [0.5, 0.6) is 0 Å². The molecule has 0 aromatic heterocycles. The monoisotopic (exact) mass is 221 g/mol. The molecule has 0 aliphatic rings. The van der Waals surface area contributed by atoms with Crippen molar-refractivity contribution in [1.82, 2.24) is 5.32 Å². The van der Waals surface area contributed by atoms with Gasteiger partial charge >= 0.3 is 0 Å². The molecule has 0 saturated heterocycles. The van der Waals surface area contributed by atoms with Crippen molar-refractivity contribution in [3.05, 3.63) is 29.8 Å². The molecule has 0 bridgehead atoms. The maximum atomic E-state index is 11.3. The van der Waals surface area contributed by atoms with E-state index in [1.807, 2.05) is 0 Å². The average Bonchev–Trinajstić information content (AvgIpc) is 2.27. The molecule has 2 amide bonds. The number of primary amides is 1. The average molecular weight is 221 g/mol. The molecule has 0 spiro atoms. The number of carbonyl (C=O) groups is 2. The van der Waals surface area contributed by atoms with Gasteiger partial charge in [-0.15, -0.1) is 0 Å². The third-order valence-electron chi connectivity index (χ3n) is 2.06. The second kappa shape index (κ2) is 5.87. The van der Waals surface area contributed by atoms with Crippen LogP contribution in [0.25, 0.3) is 0 Å². The first-order chi connectivity index (χ1) is 7.63. The van der Waals surface area contributed by atoms with Gasteiger partial charge in [0.15, 0.2) is 0 Å². The molecular formula is C11H15N3O2. The second-order valence-electron chi connectivity index (χ2n) is 3.34. The van der Waals surface area contributed by atoms with Crippen LogP contribution in [0, 0.1) is 0 Å². The van der Waals surface area contributed by atoms with E-state index in [9.17, 15) is 9.59 Å². The molecule has 0 radical (unpaired) electrons. The molecule has 0 aliphatic heterocycles. The predicted octanol–water partition coefficient (Wildman–Crippen LogP) is 0.334. The predicted molar refractivity (Wildman–Crippen MR) is 62.1 cm³/mol. The van der Waals surface area contributed by atoms with Crippen LogP contribution in [0.2, 0.25) is 0 Å². The smallest absolute Gasteiger partial charge is 0.248 e. The van der Waals surface area contributed by atoms with E-state index in [2.05, 4.69) is 10.6 Å². The molecule has 0 saturated carbocycles. The van der Waals surface area contributed by atoms with Crippen molar-refractivity contribution in [3.63, 3.8) is 0 Å². The molecule has 0 aliphatic carbocycles. The molecule has 0 heterocycles. The van der Waals surface area contributed by atoms with E-state index < -0.39 is 5.91 Å². The summed E-state index contributed by atoms with van der Waals surface area (Å²) in [6.07, 6.45) is 0.411. The van der Waals surface area contributed by atoms with E-state index in [0.717, 1.165) is 0 Å². The van der Waals surface area contributed by atoms with Gasteiger partial charge in [-0.3, -0.25) is 9.59 Å². The number of hydrogen-bond acceptors (Lipinski definition) is 3. The summed E-state index contributed by atoms with van der Waals surface area (Å²) >= 11 is 0. The van der Waals surface area contributed by atoms with Crippen LogP contribution in [0.3, 0.4) is 0 Å². The lowest BCUT2D eigenvalue weighted by atomic mass is 10.2. The van der Waals surface area contributed by atoms with Gasteiger partial charge in [0.05, 0.1) is 0 Å². The van der Waals surface area contributed by atoms with Gasteiger partial charge < -0.3 is 16.4 Å². The van der Waals surface area contributed by atoms with Crippen LogP contribution < -0.4 is 16.4 Å². The summed E-state index contributed by atoms with van der Waals surface area (Å²) in [7, 11) is 1.79. The van der Waals surface area contributed by atoms with E-state index in [0.29, 0.717) is 24.2 Å². The summed E-state index contributed by atoms with van der Waals surface area (Å²) in [5.74, 6) is -0.547. The molecule has 4 N–H and O–H groups in total. The van der Waals surface area contributed by atoms with Crippen molar-refractivity contribution in [3.8, 4) is 0 Å². The van der Waals surface area contributed by atoms with Gasteiger partial charge in [0.25, 0.3) is 0 Å². The number of nitrogens with one attached hydrogen (secondary N) is 2. The van der Waals surface area contributed by atoms with Gasteiger partial charge in [-0.05, 0) is 31.3 Å². The standard InChI is InChI=1S/C11H15N3O2/c1-13-7-6-10(15)14-9-4-2-8(3-5-9)11(12)16/h2-5,13H,6-7H2,1H3,(H2,12,16)(H,14,15). The first kappa shape index (κ1) is 12.2. The largest absolute Gasteiger partial charge is 0.366 e. The first-order valence-electron chi connectivity index (χ1n) is 4.98. The van der Waals surface area contributed by atoms with Crippen LogP contribution in [0.4, 0.5) is 5.69 Å². The Balaban J connectivity index is 2.55. The number of rotatable bonds is 5. The number of hydrogen-bond donors (Lipinski definition) is 3. The van der Waals surface area contributed by atoms with Crippen LogP contribution >= 0.6 is 0 Å². The fourth-order valence-electron chi connectivity index (χ4n) is 1.18. The molecule has 1 aromatic carbocycles. The Kier molecular flexibility index (Phi) is 4.47. The zero-order valence-corrected chi connectivity index (χ0v) is 9.12. The third kappa shape index (κ3) is 3.70. The summed E-state index contributed by atoms with van der Waals surface area (Å²) in [4.78, 5) is 22.1. The summed E-state index contributed by atoms with van der Waals surface area (Å²) < 4.78 is 0. The van der Waals surface area contributed by atoms with E-state index in [1.165, 1.54) is 0 Å². The second-order valence-corrected chi connectivity index (χ2v) is 3.34. The van der Waals surface area contributed by atoms with E-state index in [1.54, 1.807) is 31.3 Å². The SMILES string of the molecule is CNCCC(=O)Nc1ccc(C(N)=O)cc1. The number of benzene rings is 1. The minimum atomic E-state index is -0.479. The highest BCUT2D eigenvalue weighted by Crippen LogP contribution is 2.09. The highest BCUT2D eigenvalue weighted by molar-refractivity contribution is 5.94. The summed E-state index contributed by atoms with van der Waals surface area (Å²) in [6, 6.07) is 6.46. The Bertz CT molecular complexity index is 373. The lowest BCUT2D eigenvalue weighted by Crippen LogP contribution is -2.18. The van der Waals surface area contributed by atoms with E-state index in [4.69, 9.17) is 5.73 Å². The molecular weight excluding hydrogens is 206 g/mol. The minimum Gasteiger partial charge on any atom is -0.366 e. The lowest BCUT2D eigenvalue weighted by molar-refractivity contribution is -0.116. The molecule has 5 heteroatoms. The molecule has 0 fully saturated rings. The van der Waals surface area contributed by atoms with Gasteiger partial charge in [0.1, 0.15) is 0 Å². The first-order valence-corrected chi connectivity index (χ1v) is 4.98. The summed E-state index contributed by atoms with van der Waals surface area (Å²) in [5.41, 5.74) is 6.18. The summed E-state index contributed by atoms with van der Waals surface area (Å²) in [5, 5.41) is 5.60. The zero-order chi connectivity index (χ0) is 12.0. The van der Waals surface area contributed by atoms with Crippen LogP contribution in [0.1, 0.15) is 16.8 Å². The Hall–Kier alpha value is -1.88. The fraction of sp³-hybridized carbons (Fsp3) is 0.273. The van der Waals surface area contributed by atoms with E-state index in [-0.39, 0.29) is 5.91 Å². The Labute approximate surface area is 94.0 Å². The third-order valence-corrected chi connectivity index (χ3v) is 2.06. The van der Waals surface area contributed by atoms with Gasteiger partial charge in [-0.2, -0.15) is 0 Å². The van der Waals surface area contributed by atoms with Crippen molar-refractivity contribution in [2.24, 2.45) is 5.73 Å². The van der Waals surface area contributed by atoms with Gasteiger partial charge in [-0.1, -0.05) is 0 Å². The lowest BCUT2D eigenvalue weighted by Gasteiger charge is -2.05. The van der Waals surface area contributed by atoms with Crippen molar-refractivity contribution in [2.75, 3.05) is 18.9 Å². The molecule has 1 rings (SSSR count). The maximum absolute atomic E-state index is 11.3. The number of amides is 2. The van der Waals surface area contributed by atoms with E-state index >= 15 is 0 Å².